The van der Waals surface area contributed by atoms with Gasteiger partial charge in [-0.25, -0.2) is 0 Å². The van der Waals surface area contributed by atoms with Crippen LogP contribution in [-0.2, 0) is 0 Å². The molecule has 0 aliphatic carbocycles. The zero-order valence-electron chi connectivity index (χ0n) is 9.20. The smallest absolute Gasteiger partial charge is 0.0802 e. The van der Waals surface area contributed by atoms with E-state index in [1.54, 1.807) is 0 Å². The van der Waals surface area contributed by atoms with Crippen LogP contribution in [0, 0.1) is 6.92 Å². The Morgan fingerprint density at radius 1 is 1.21 bits per heavy atom. The van der Waals surface area contributed by atoms with Crippen LogP contribution in [0.25, 0.3) is 0 Å². The molecular weight excluding hydrogens is 174 g/mol. The molecule has 2 nitrogen and oxygen atoms in total. The summed E-state index contributed by atoms with van der Waals surface area (Å²) in [5, 5.41) is 9.83. The Kier molecular flexibility index (Phi) is 4.11. The molecule has 0 fully saturated rings. The first-order chi connectivity index (χ1) is 6.59. The Bertz CT molecular complexity index is 266. The van der Waals surface area contributed by atoms with Gasteiger partial charge in [0.2, 0.25) is 0 Å². The van der Waals surface area contributed by atoms with E-state index >= 15 is 0 Å². The number of hydrogen-bond donors (Lipinski definition) is 1. The summed E-state index contributed by atoms with van der Waals surface area (Å²) in [5.41, 5.74) is 2.24. The van der Waals surface area contributed by atoms with Gasteiger partial charge in [-0.05, 0) is 33.0 Å². The lowest BCUT2D eigenvalue weighted by atomic mass is 10.1. The molecule has 0 aliphatic rings. The minimum atomic E-state index is -0.335. The van der Waals surface area contributed by atoms with Gasteiger partial charge in [0.05, 0.1) is 6.10 Å². The van der Waals surface area contributed by atoms with E-state index in [1.165, 1.54) is 5.56 Å². The molecule has 0 aliphatic heterocycles. The highest BCUT2D eigenvalue weighted by molar-refractivity contribution is 5.22. The molecule has 0 radical (unpaired) electrons. The van der Waals surface area contributed by atoms with E-state index in [9.17, 15) is 5.11 Å². The third-order valence-corrected chi connectivity index (χ3v) is 2.31. The van der Waals surface area contributed by atoms with Gasteiger partial charge in [-0.15, -0.1) is 0 Å². The van der Waals surface area contributed by atoms with Gasteiger partial charge in [-0.1, -0.05) is 29.8 Å². The quantitative estimate of drug-likeness (QED) is 0.790. The second kappa shape index (κ2) is 5.13. The van der Waals surface area contributed by atoms with E-state index in [0.29, 0.717) is 0 Å². The average Bonchev–Trinajstić information content (AvgIpc) is 2.15. The van der Waals surface area contributed by atoms with Crippen molar-refractivity contribution >= 4 is 0 Å². The molecule has 0 unspecified atom stereocenters. The van der Waals surface area contributed by atoms with Gasteiger partial charge in [-0.2, -0.15) is 0 Å². The summed E-state index contributed by atoms with van der Waals surface area (Å²) in [4.78, 5) is 2.08. The number of aliphatic hydroxyl groups excluding tert-OH is 1. The molecule has 0 aromatic heterocycles. The van der Waals surface area contributed by atoms with Crippen LogP contribution in [0.3, 0.4) is 0 Å². The number of benzene rings is 1. The third-order valence-electron chi connectivity index (χ3n) is 2.31. The predicted molar refractivity (Wildman–Crippen MR) is 59.3 cm³/mol. The number of aryl methyl sites for hydroxylation is 1. The normalized spacial score (nSPS) is 13.2. The Labute approximate surface area is 86.2 Å². The van der Waals surface area contributed by atoms with E-state index in [1.807, 2.05) is 38.4 Å². The van der Waals surface area contributed by atoms with Crippen LogP contribution >= 0.6 is 0 Å². The summed E-state index contributed by atoms with van der Waals surface area (Å²) < 4.78 is 0. The number of aliphatic hydroxyl groups is 1. The molecule has 14 heavy (non-hydrogen) atoms. The SMILES string of the molecule is Cc1ccc([C@@H](O)CCN(C)C)cc1. The summed E-state index contributed by atoms with van der Waals surface area (Å²) in [6, 6.07) is 8.06. The summed E-state index contributed by atoms with van der Waals surface area (Å²) in [6.07, 6.45) is 0.453. The summed E-state index contributed by atoms with van der Waals surface area (Å²) in [5.74, 6) is 0. The van der Waals surface area contributed by atoms with E-state index in [4.69, 9.17) is 0 Å². The minimum Gasteiger partial charge on any atom is -0.388 e. The summed E-state index contributed by atoms with van der Waals surface area (Å²) in [6.45, 7) is 2.96. The lowest BCUT2D eigenvalue weighted by Gasteiger charge is -2.14. The molecule has 2 heteroatoms. The predicted octanol–water partition coefficient (Wildman–Crippen LogP) is 1.98. The lowest BCUT2D eigenvalue weighted by molar-refractivity contribution is 0.154. The lowest BCUT2D eigenvalue weighted by Crippen LogP contribution is -2.15. The summed E-state index contributed by atoms with van der Waals surface area (Å²) in [7, 11) is 4.03. The standard InChI is InChI=1S/C12H19NO/c1-10-4-6-11(7-5-10)12(14)8-9-13(2)3/h4-7,12,14H,8-9H2,1-3H3/t12-/m0/s1. The van der Waals surface area contributed by atoms with Crippen molar-refractivity contribution in [3.63, 3.8) is 0 Å². The largest absolute Gasteiger partial charge is 0.388 e. The van der Waals surface area contributed by atoms with E-state index in [-0.39, 0.29) is 6.10 Å². The molecule has 0 saturated carbocycles. The molecule has 0 amide bonds. The van der Waals surface area contributed by atoms with E-state index < -0.39 is 0 Å². The molecule has 1 atom stereocenters. The molecule has 0 spiro atoms. The molecule has 1 N–H and O–H groups in total. The van der Waals surface area contributed by atoms with Crippen LogP contribution in [0.2, 0.25) is 0 Å². The zero-order chi connectivity index (χ0) is 10.6. The fourth-order valence-electron chi connectivity index (χ4n) is 1.34. The van der Waals surface area contributed by atoms with Crippen molar-refractivity contribution in [2.75, 3.05) is 20.6 Å². The maximum absolute atomic E-state index is 9.83. The highest BCUT2D eigenvalue weighted by Crippen LogP contribution is 2.16. The second-order valence-corrected chi connectivity index (χ2v) is 4.02. The Hall–Kier alpha value is -0.860. The zero-order valence-corrected chi connectivity index (χ0v) is 9.20. The molecular formula is C12H19NO. The van der Waals surface area contributed by atoms with Crippen molar-refractivity contribution < 1.29 is 5.11 Å². The van der Waals surface area contributed by atoms with Crippen molar-refractivity contribution in [2.45, 2.75) is 19.4 Å². The third kappa shape index (κ3) is 3.48. The maximum atomic E-state index is 9.83. The highest BCUT2D eigenvalue weighted by atomic mass is 16.3. The maximum Gasteiger partial charge on any atom is 0.0802 e. The molecule has 0 saturated heterocycles. The second-order valence-electron chi connectivity index (χ2n) is 4.02. The fourth-order valence-corrected chi connectivity index (χ4v) is 1.34. The number of rotatable bonds is 4. The van der Waals surface area contributed by atoms with Gasteiger partial charge in [0.15, 0.2) is 0 Å². The molecule has 1 rings (SSSR count). The van der Waals surface area contributed by atoms with Gasteiger partial charge >= 0.3 is 0 Å². The summed E-state index contributed by atoms with van der Waals surface area (Å²) >= 11 is 0. The van der Waals surface area contributed by atoms with Crippen LogP contribution in [0.4, 0.5) is 0 Å². The van der Waals surface area contributed by atoms with Gasteiger partial charge < -0.3 is 10.0 Å². The number of hydrogen-bond acceptors (Lipinski definition) is 2. The molecule has 1 aromatic carbocycles. The van der Waals surface area contributed by atoms with Crippen molar-refractivity contribution in [3.05, 3.63) is 35.4 Å². The van der Waals surface area contributed by atoms with Crippen molar-refractivity contribution in [1.82, 2.24) is 4.90 Å². The van der Waals surface area contributed by atoms with Crippen LogP contribution < -0.4 is 0 Å². The molecule has 78 valence electrons. The Balaban J connectivity index is 2.52. The Morgan fingerprint density at radius 3 is 2.29 bits per heavy atom. The first-order valence-corrected chi connectivity index (χ1v) is 4.99. The van der Waals surface area contributed by atoms with Crippen molar-refractivity contribution in [2.24, 2.45) is 0 Å². The van der Waals surface area contributed by atoms with Crippen molar-refractivity contribution in [3.8, 4) is 0 Å². The molecule has 1 aromatic rings. The first-order valence-electron chi connectivity index (χ1n) is 4.99. The Morgan fingerprint density at radius 2 is 1.79 bits per heavy atom. The van der Waals surface area contributed by atoms with Crippen LogP contribution in [0.5, 0.6) is 0 Å². The monoisotopic (exact) mass is 193 g/mol. The van der Waals surface area contributed by atoms with Crippen molar-refractivity contribution in [1.29, 1.82) is 0 Å². The highest BCUT2D eigenvalue weighted by Gasteiger charge is 2.06. The number of nitrogens with zero attached hydrogens (tertiary/aromatic N) is 1. The topological polar surface area (TPSA) is 23.5 Å². The molecule has 0 heterocycles. The van der Waals surface area contributed by atoms with E-state index in [2.05, 4.69) is 11.8 Å². The van der Waals surface area contributed by atoms with E-state index in [0.717, 1.165) is 18.5 Å². The van der Waals surface area contributed by atoms with Crippen LogP contribution in [-0.4, -0.2) is 30.6 Å². The fraction of sp³-hybridized carbons (Fsp3) is 0.500. The average molecular weight is 193 g/mol. The van der Waals surface area contributed by atoms with Crippen LogP contribution in [0.1, 0.15) is 23.7 Å². The molecule has 0 bridgehead atoms. The van der Waals surface area contributed by atoms with Gasteiger partial charge in [0.25, 0.3) is 0 Å². The van der Waals surface area contributed by atoms with Gasteiger partial charge in [0.1, 0.15) is 0 Å². The first kappa shape index (κ1) is 11.2. The minimum absolute atomic E-state index is 0.335. The van der Waals surface area contributed by atoms with Gasteiger partial charge in [0, 0.05) is 6.54 Å². The van der Waals surface area contributed by atoms with Gasteiger partial charge in [-0.3, -0.25) is 0 Å². The van der Waals surface area contributed by atoms with Crippen LogP contribution in [0.15, 0.2) is 24.3 Å².